The Morgan fingerprint density at radius 1 is 1.25 bits per heavy atom. The molecular weight excluding hydrogens is 278 g/mol. The number of hydrogen-bond acceptors (Lipinski definition) is 4. The van der Waals surface area contributed by atoms with Gasteiger partial charge in [-0.3, -0.25) is 0 Å². The van der Waals surface area contributed by atoms with E-state index >= 15 is 0 Å². The molecule has 2 bridgehead atoms. The van der Waals surface area contributed by atoms with E-state index in [9.17, 15) is 13.5 Å². The molecule has 112 valence electrons. The molecule has 20 heavy (non-hydrogen) atoms. The van der Waals surface area contributed by atoms with Gasteiger partial charge in [-0.25, -0.2) is 13.1 Å². The Balaban J connectivity index is 1.89. The molecule has 3 unspecified atom stereocenters. The van der Waals surface area contributed by atoms with Crippen LogP contribution in [0.3, 0.4) is 0 Å². The monoisotopic (exact) mass is 299 g/mol. The summed E-state index contributed by atoms with van der Waals surface area (Å²) >= 11 is 0. The van der Waals surface area contributed by atoms with E-state index in [1.165, 1.54) is 6.42 Å². The number of furan rings is 1. The van der Waals surface area contributed by atoms with Gasteiger partial charge in [-0.2, -0.15) is 0 Å². The summed E-state index contributed by atoms with van der Waals surface area (Å²) in [6.45, 7) is 2.98. The van der Waals surface area contributed by atoms with Crippen LogP contribution in [0.5, 0.6) is 0 Å². The van der Waals surface area contributed by atoms with Crippen LogP contribution in [0, 0.1) is 25.7 Å². The molecule has 1 heterocycles. The summed E-state index contributed by atoms with van der Waals surface area (Å²) in [6, 6.07) is 0.0416. The minimum atomic E-state index is -3.62. The number of nitrogens with one attached hydrogen (secondary N) is 1. The van der Waals surface area contributed by atoms with E-state index in [0.29, 0.717) is 28.9 Å². The van der Waals surface area contributed by atoms with Crippen molar-refractivity contribution in [2.24, 2.45) is 11.8 Å². The zero-order valence-corrected chi connectivity index (χ0v) is 12.7. The van der Waals surface area contributed by atoms with Gasteiger partial charge in [0, 0.05) is 11.6 Å². The van der Waals surface area contributed by atoms with Crippen molar-refractivity contribution in [3.63, 3.8) is 0 Å². The molecule has 1 aromatic rings. The van der Waals surface area contributed by atoms with Crippen LogP contribution in [0.15, 0.2) is 9.31 Å². The van der Waals surface area contributed by atoms with Crippen molar-refractivity contribution in [2.45, 2.75) is 57.1 Å². The highest BCUT2D eigenvalue weighted by Gasteiger charge is 2.42. The molecule has 1 aromatic heterocycles. The maximum atomic E-state index is 12.6. The van der Waals surface area contributed by atoms with Crippen molar-refractivity contribution in [3.05, 3.63) is 17.1 Å². The van der Waals surface area contributed by atoms with Gasteiger partial charge in [0.15, 0.2) is 0 Å². The molecule has 2 fully saturated rings. The van der Waals surface area contributed by atoms with Crippen molar-refractivity contribution >= 4 is 10.0 Å². The maximum Gasteiger partial charge on any atom is 0.244 e. The summed E-state index contributed by atoms with van der Waals surface area (Å²) in [5.41, 5.74) is 0.373. The fraction of sp³-hybridized carbons (Fsp3) is 0.714. The van der Waals surface area contributed by atoms with Gasteiger partial charge in [0.25, 0.3) is 0 Å². The van der Waals surface area contributed by atoms with Crippen molar-refractivity contribution in [1.29, 1.82) is 0 Å². The van der Waals surface area contributed by atoms with E-state index in [-0.39, 0.29) is 17.5 Å². The fourth-order valence-electron chi connectivity index (χ4n) is 3.89. The molecule has 0 spiro atoms. The highest BCUT2D eigenvalue weighted by molar-refractivity contribution is 7.89. The summed E-state index contributed by atoms with van der Waals surface area (Å²) in [7, 11) is -3.62. The Bertz CT molecular complexity index is 619. The molecule has 0 aromatic carbocycles. The molecule has 0 amide bonds. The van der Waals surface area contributed by atoms with E-state index in [2.05, 4.69) is 4.72 Å². The Labute approximate surface area is 119 Å². The smallest absolute Gasteiger partial charge is 0.244 e. The highest BCUT2D eigenvalue weighted by Crippen LogP contribution is 2.45. The lowest BCUT2D eigenvalue weighted by Crippen LogP contribution is -2.38. The summed E-state index contributed by atoms with van der Waals surface area (Å²) in [6.07, 6.45) is 4.43. The minimum absolute atomic E-state index is 0.0416. The lowest BCUT2D eigenvalue weighted by atomic mass is 9.96. The molecule has 5 nitrogen and oxygen atoms in total. The predicted octanol–water partition coefficient (Wildman–Crippen LogP) is 1.86. The van der Waals surface area contributed by atoms with Crippen LogP contribution in [-0.4, -0.2) is 19.6 Å². The van der Waals surface area contributed by atoms with Crippen LogP contribution >= 0.6 is 0 Å². The van der Waals surface area contributed by atoms with E-state index < -0.39 is 10.0 Å². The number of fused-ring (bicyclic) bond motifs is 2. The first-order valence-corrected chi connectivity index (χ1v) is 8.62. The van der Waals surface area contributed by atoms with Gasteiger partial charge in [-0.15, -0.1) is 0 Å². The molecule has 2 N–H and O–H groups in total. The zero-order valence-electron chi connectivity index (χ0n) is 11.8. The Hall–Kier alpha value is -0.850. The van der Waals surface area contributed by atoms with Gasteiger partial charge < -0.3 is 9.52 Å². The lowest BCUT2D eigenvalue weighted by molar-refractivity contribution is 0.276. The molecule has 0 saturated heterocycles. The first-order valence-electron chi connectivity index (χ1n) is 7.14. The lowest BCUT2D eigenvalue weighted by Gasteiger charge is -2.22. The van der Waals surface area contributed by atoms with Gasteiger partial charge in [0.2, 0.25) is 10.0 Å². The third-order valence-electron chi connectivity index (χ3n) is 4.80. The molecule has 2 aliphatic carbocycles. The van der Waals surface area contributed by atoms with Crippen LogP contribution in [0.4, 0.5) is 0 Å². The van der Waals surface area contributed by atoms with Gasteiger partial charge in [0.1, 0.15) is 16.4 Å². The van der Waals surface area contributed by atoms with Gasteiger partial charge in [0.05, 0.1) is 6.61 Å². The van der Waals surface area contributed by atoms with Crippen LogP contribution in [0.2, 0.25) is 0 Å². The van der Waals surface area contributed by atoms with Crippen molar-refractivity contribution in [3.8, 4) is 0 Å². The molecule has 6 heteroatoms. The molecule has 3 atom stereocenters. The Morgan fingerprint density at radius 2 is 2.00 bits per heavy atom. The second-order valence-electron chi connectivity index (χ2n) is 6.08. The van der Waals surface area contributed by atoms with Crippen LogP contribution in [0.25, 0.3) is 0 Å². The average Bonchev–Trinajstić information content (AvgIpc) is 3.02. The molecule has 2 saturated carbocycles. The van der Waals surface area contributed by atoms with Crippen molar-refractivity contribution in [2.75, 3.05) is 0 Å². The summed E-state index contributed by atoms with van der Waals surface area (Å²) < 4.78 is 33.4. The first-order chi connectivity index (χ1) is 9.42. The molecule has 0 aliphatic heterocycles. The molecular formula is C14H21NO4S. The third-order valence-corrected chi connectivity index (χ3v) is 6.48. The van der Waals surface area contributed by atoms with Gasteiger partial charge >= 0.3 is 0 Å². The molecule has 3 rings (SSSR count). The molecule has 2 aliphatic rings. The maximum absolute atomic E-state index is 12.6. The number of aryl methyl sites for hydroxylation is 2. The van der Waals surface area contributed by atoms with Crippen molar-refractivity contribution < 1.29 is 17.9 Å². The van der Waals surface area contributed by atoms with Gasteiger partial charge in [-0.1, -0.05) is 6.42 Å². The normalized spacial score (nSPS) is 29.2. The summed E-state index contributed by atoms with van der Waals surface area (Å²) in [4.78, 5) is 0.125. The zero-order chi connectivity index (χ0) is 14.5. The minimum Gasteiger partial charge on any atom is -0.465 e. The number of aliphatic hydroxyl groups excluding tert-OH is 1. The second kappa shape index (κ2) is 4.86. The largest absolute Gasteiger partial charge is 0.465 e. The van der Waals surface area contributed by atoms with Gasteiger partial charge in [-0.05, 0) is 44.9 Å². The second-order valence-corrected chi connectivity index (χ2v) is 7.73. The van der Waals surface area contributed by atoms with E-state index in [1.807, 2.05) is 0 Å². The summed E-state index contributed by atoms with van der Waals surface area (Å²) in [5.74, 6) is 1.97. The number of rotatable bonds is 4. The quantitative estimate of drug-likeness (QED) is 0.889. The predicted molar refractivity (Wildman–Crippen MR) is 73.7 cm³/mol. The highest BCUT2D eigenvalue weighted by atomic mass is 32.2. The Morgan fingerprint density at radius 3 is 2.55 bits per heavy atom. The number of hydrogen-bond donors (Lipinski definition) is 2. The Kier molecular flexibility index (Phi) is 3.43. The topological polar surface area (TPSA) is 79.5 Å². The van der Waals surface area contributed by atoms with Crippen molar-refractivity contribution in [1.82, 2.24) is 4.72 Å². The number of aliphatic hydroxyl groups is 1. The van der Waals surface area contributed by atoms with E-state index in [4.69, 9.17) is 4.42 Å². The fourth-order valence-corrected chi connectivity index (χ4v) is 5.65. The first kappa shape index (κ1) is 14.1. The number of sulfonamides is 1. The standard InChI is InChI=1S/C14H21NO4S/c1-8-12(7-16)14(9(2)19-8)20(17,18)15-13-6-10-3-4-11(13)5-10/h10-11,13,15-16H,3-7H2,1-2H3. The third kappa shape index (κ3) is 2.19. The molecule has 0 radical (unpaired) electrons. The SMILES string of the molecule is Cc1oc(C)c(S(=O)(=O)NC2CC3CCC2C3)c1CO. The van der Waals surface area contributed by atoms with E-state index in [1.54, 1.807) is 13.8 Å². The average molecular weight is 299 g/mol. The van der Waals surface area contributed by atoms with Crippen LogP contribution in [-0.2, 0) is 16.6 Å². The van der Waals surface area contributed by atoms with Crippen LogP contribution in [0.1, 0.15) is 42.8 Å². The van der Waals surface area contributed by atoms with E-state index in [0.717, 1.165) is 19.3 Å². The summed E-state index contributed by atoms with van der Waals surface area (Å²) in [5, 5.41) is 9.39. The van der Waals surface area contributed by atoms with Crippen LogP contribution < -0.4 is 4.72 Å².